The van der Waals surface area contributed by atoms with Gasteiger partial charge in [0.25, 0.3) is 0 Å². The Balaban J connectivity index is 0.00000361. The maximum absolute atomic E-state index is 12.1. The lowest BCUT2D eigenvalue weighted by molar-refractivity contribution is -0.131. The molecule has 1 amide bonds. The summed E-state index contributed by atoms with van der Waals surface area (Å²) in [6.07, 6.45) is 1.16. The first-order valence-electron chi connectivity index (χ1n) is 7.07. The molecule has 1 fully saturated rings. The van der Waals surface area contributed by atoms with E-state index in [2.05, 4.69) is 24.2 Å². The highest BCUT2D eigenvalue weighted by Gasteiger charge is 2.46. The fourth-order valence-corrected chi connectivity index (χ4v) is 2.17. The number of halogens is 1. The molecule has 20 heavy (non-hydrogen) atoms. The second kappa shape index (κ2) is 8.05. The Bertz CT molecular complexity index is 353. The molecule has 0 aromatic heterocycles. The van der Waals surface area contributed by atoms with Crippen LogP contribution in [0.5, 0.6) is 0 Å². The molecule has 1 aliphatic carbocycles. The summed E-state index contributed by atoms with van der Waals surface area (Å²) in [5, 5.41) is 3.42. The van der Waals surface area contributed by atoms with Crippen LogP contribution in [0.15, 0.2) is 4.99 Å². The van der Waals surface area contributed by atoms with Gasteiger partial charge in [0.05, 0.1) is 6.54 Å². The zero-order chi connectivity index (χ0) is 14.6. The van der Waals surface area contributed by atoms with Crippen LogP contribution in [-0.4, -0.2) is 61.4 Å². The summed E-state index contributed by atoms with van der Waals surface area (Å²) in [5.41, 5.74) is 0.347. The quantitative estimate of drug-likeness (QED) is 0.438. The highest BCUT2D eigenvalue weighted by molar-refractivity contribution is 14.0. The second-order valence-corrected chi connectivity index (χ2v) is 5.86. The van der Waals surface area contributed by atoms with Gasteiger partial charge in [-0.25, -0.2) is 0 Å². The maximum Gasteiger partial charge on any atom is 0.242 e. The van der Waals surface area contributed by atoms with Gasteiger partial charge in [0.15, 0.2) is 5.96 Å². The number of guanidine groups is 1. The average Bonchev–Trinajstić information content (AvgIpc) is 2.94. The first-order chi connectivity index (χ1) is 8.85. The number of rotatable bonds is 5. The highest BCUT2D eigenvalue weighted by atomic mass is 127. The van der Waals surface area contributed by atoms with E-state index in [1.807, 2.05) is 30.7 Å². The van der Waals surface area contributed by atoms with E-state index < -0.39 is 0 Å². The Kier molecular flexibility index (Phi) is 7.83. The molecule has 0 aliphatic heterocycles. The van der Waals surface area contributed by atoms with Gasteiger partial charge >= 0.3 is 0 Å². The van der Waals surface area contributed by atoms with E-state index in [4.69, 9.17) is 0 Å². The molecule has 0 heterocycles. The van der Waals surface area contributed by atoms with Crippen molar-refractivity contribution in [2.24, 2.45) is 10.4 Å². The Morgan fingerprint density at radius 3 is 2.20 bits per heavy atom. The van der Waals surface area contributed by atoms with Gasteiger partial charge in [-0.2, -0.15) is 0 Å². The maximum atomic E-state index is 12.1. The predicted molar refractivity (Wildman–Crippen MR) is 94.7 cm³/mol. The number of nitrogens with one attached hydrogen (secondary N) is 1. The first kappa shape index (κ1) is 19.5. The topological polar surface area (TPSA) is 47.9 Å². The number of hydrogen-bond acceptors (Lipinski definition) is 2. The van der Waals surface area contributed by atoms with Crippen molar-refractivity contribution in [1.29, 1.82) is 0 Å². The van der Waals surface area contributed by atoms with Crippen molar-refractivity contribution in [2.45, 2.75) is 40.2 Å². The van der Waals surface area contributed by atoms with E-state index in [-0.39, 0.29) is 29.9 Å². The van der Waals surface area contributed by atoms with Crippen LogP contribution in [0.1, 0.15) is 34.1 Å². The molecule has 0 spiro atoms. The molecule has 1 N–H and O–H groups in total. The van der Waals surface area contributed by atoms with Crippen LogP contribution in [0.3, 0.4) is 0 Å². The minimum absolute atomic E-state index is 0. The molecule has 0 bridgehead atoms. The monoisotopic (exact) mass is 396 g/mol. The lowest BCUT2D eigenvalue weighted by atomic mass is 10.2. The third-order valence-corrected chi connectivity index (χ3v) is 3.88. The first-order valence-corrected chi connectivity index (χ1v) is 7.07. The molecule has 1 atom stereocenters. The van der Waals surface area contributed by atoms with E-state index >= 15 is 0 Å². The zero-order valence-corrected chi connectivity index (χ0v) is 15.9. The zero-order valence-electron chi connectivity index (χ0n) is 13.6. The van der Waals surface area contributed by atoms with Gasteiger partial charge in [-0.3, -0.25) is 9.79 Å². The fourth-order valence-electron chi connectivity index (χ4n) is 2.17. The van der Waals surface area contributed by atoms with Crippen LogP contribution in [0.4, 0.5) is 0 Å². The Morgan fingerprint density at radius 1 is 1.35 bits per heavy atom. The number of carbonyl (C=O) groups is 1. The summed E-state index contributed by atoms with van der Waals surface area (Å²) < 4.78 is 0. The van der Waals surface area contributed by atoms with E-state index in [9.17, 15) is 4.79 Å². The van der Waals surface area contributed by atoms with E-state index in [1.165, 1.54) is 0 Å². The number of aliphatic imine (C=N–C) groups is 1. The van der Waals surface area contributed by atoms with Gasteiger partial charge in [-0.15, -0.1) is 24.0 Å². The number of nitrogens with zero attached hydrogens (tertiary/aromatic N) is 3. The second-order valence-electron chi connectivity index (χ2n) is 5.86. The third-order valence-electron chi connectivity index (χ3n) is 3.88. The number of likely N-dealkylation sites (N-methyl/N-ethyl adjacent to an activating group) is 2. The van der Waals surface area contributed by atoms with Crippen molar-refractivity contribution >= 4 is 35.8 Å². The lowest BCUT2D eigenvalue weighted by Gasteiger charge is -2.26. The smallest absolute Gasteiger partial charge is 0.242 e. The van der Waals surface area contributed by atoms with Gasteiger partial charge in [0, 0.05) is 33.2 Å². The van der Waals surface area contributed by atoms with Gasteiger partial charge in [0.2, 0.25) is 5.91 Å². The Labute approximate surface area is 140 Å². The normalized spacial score (nSPS) is 19.9. The minimum Gasteiger partial charge on any atom is -0.353 e. The van der Waals surface area contributed by atoms with Crippen LogP contribution in [0.2, 0.25) is 0 Å². The van der Waals surface area contributed by atoms with Gasteiger partial charge < -0.3 is 15.1 Å². The summed E-state index contributed by atoms with van der Waals surface area (Å²) >= 11 is 0. The van der Waals surface area contributed by atoms with Crippen LogP contribution in [-0.2, 0) is 4.79 Å². The van der Waals surface area contributed by atoms with Gasteiger partial charge in [-0.05, 0) is 25.7 Å². The molecular weight excluding hydrogens is 367 g/mol. The molecule has 6 heteroatoms. The van der Waals surface area contributed by atoms with Crippen molar-refractivity contribution in [3.8, 4) is 0 Å². The van der Waals surface area contributed by atoms with Crippen molar-refractivity contribution in [1.82, 2.24) is 15.1 Å². The van der Waals surface area contributed by atoms with E-state index in [0.717, 1.165) is 25.5 Å². The van der Waals surface area contributed by atoms with Gasteiger partial charge in [-0.1, -0.05) is 13.8 Å². The molecule has 0 saturated heterocycles. The molecule has 1 saturated carbocycles. The molecular formula is C14H29IN4O. The molecule has 1 rings (SSSR count). The molecule has 0 aromatic rings. The Hall–Kier alpha value is -0.530. The average molecular weight is 396 g/mol. The van der Waals surface area contributed by atoms with Crippen LogP contribution in [0.25, 0.3) is 0 Å². The van der Waals surface area contributed by atoms with Crippen molar-refractivity contribution in [3.05, 3.63) is 0 Å². The molecule has 0 aromatic carbocycles. The van der Waals surface area contributed by atoms with E-state index in [1.54, 1.807) is 7.05 Å². The highest BCUT2D eigenvalue weighted by Crippen LogP contribution is 2.44. The van der Waals surface area contributed by atoms with Gasteiger partial charge in [0.1, 0.15) is 0 Å². The minimum atomic E-state index is 0. The van der Waals surface area contributed by atoms with Crippen LogP contribution >= 0.6 is 24.0 Å². The summed E-state index contributed by atoms with van der Waals surface area (Å²) in [5.74, 6) is 0.946. The van der Waals surface area contributed by atoms with E-state index in [0.29, 0.717) is 18.0 Å². The molecule has 5 nitrogen and oxygen atoms in total. The molecule has 0 radical (unpaired) electrons. The van der Waals surface area contributed by atoms with Crippen LogP contribution in [0, 0.1) is 5.41 Å². The van der Waals surface area contributed by atoms with Crippen LogP contribution < -0.4 is 5.32 Å². The summed E-state index contributed by atoms with van der Waals surface area (Å²) in [6, 6.07) is 0.470. The number of hydrogen-bond donors (Lipinski definition) is 1. The standard InChI is InChI=1S/C14H28N4O.HI/c1-7-18(8-2)12(19)10-17(6)13(15-5)16-11-9-14(11,3)4;/h11H,7-10H2,1-6H3,(H,15,16);1H. The number of carbonyl (C=O) groups excluding carboxylic acids is 1. The summed E-state index contributed by atoms with van der Waals surface area (Å²) in [6.45, 7) is 10.4. The number of amides is 1. The van der Waals surface area contributed by atoms with Crippen molar-refractivity contribution in [3.63, 3.8) is 0 Å². The predicted octanol–water partition coefficient (Wildman–Crippen LogP) is 1.78. The summed E-state index contributed by atoms with van der Waals surface area (Å²) in [7, 11) is 3.67. The fraction of sp³-hybridized carbons (Fsp3) is 0.857. The largest absolute Gasteiger partial charge is 0.353 e. The third kappa shape index (κ3) is 5.10. The molecule has 1 unspecified atom stereocenters. The van der Waals surface area contributed by atoms with Crippen molar-refractivity contribution in [2.75, 3.05) is 33.7 Å². The molecule has 118 valence electrons. The Morgan fingerprint density at radius 2 is 1.85 bits per heavy atom. The van der Waals surface area contributed by atoms with Crippen molar-refractivity contribution < 1.29 is 4.79 Å². The molecule has 1 aliphatic rings. The summed E-state index contributed by atoms with van der Waals surface area (Å²) in [4.78, 5) is 20.1. The lowest BCUT2D eigenvalue weighted by Crippen LogP contribution is -2.46. The SMILES string of the molecule is CCN(CC)C(=O)CN(C)C(=NC)NC1CC1(C)C.I.